The predicted octanol–water partition coefficient (Wildman–Crippen LogP) is 1.24. The number of thioether (sulfide) groups is 1. The van der Waals surface area contributed by atoms with Crippen LogP contribution in [-0.2, 0) is 84.2 Å². The number of aliphatic hydroxyl groups is 1. The third-order valence-corrected chi connectivity index (χ3v) is 15.5. The van der Waals surface area contributed by atoms with Gasteiger partial charge in [0, 0.05) is 48.4 Å². The van der Waals surface area contributed by atoms with E-state index in [1.807, 2.05) is 6.92 Å². The van der Waals surface area contributed by atoms with Crippen LogP contribution in [-0.4, -0.2) is 129 Å². The molecule has 1 unspecified atom stereocenters. The van der Waals surface area contributed by atoms with Crippen LogP contribution in [0.1, 0.15) is 104 Å². The maximum Gasteiger partial charge on any atom is 0.343 e. The van der Waals surface area contributed by atoms with Gasteiger partial charge in [0.05, 0.1) is 59.9 Å². The number of hydrogen-bond donors (Lipinski definition) is 7. The zero-order chi connectivity index (χ0) is 55.8. The zero-order valence-electron chi connectivity index (χ0n) is 43.5. The number of likely N-dealkylation sites (tertiary alicyclic amines) is 1. The molecule has 5 heterocycles. The van der Waals surface area contributed by atoms with E-state index in [2.05, 4.69) is 31.9 Å². The number of amides is 8. The molecule has 3 aliphatic heterocycles. The summed E-state index contributed by atoms with van der Waals surface area (Å²) in [6.45, 7) is 2.87. The molecule has 8 amide bonds. The van der Waals surface area contributed by atoms with Crippen molar-refractivity contribution in [2.45, 2.75) is 115 Å². The molecule has 1 fully saturated rings. The Hall–Kier alpha value is -7.57. The summed E-state index contributed by atoms with van der Waals surface area (Å²) in [4.78, 5) is 135. The van der Waals surface area contributed by atoms with Crippen LogP contribution in [0.25, 0.3) is 22.3 Å². The van der Waals surface area contributed by atoms with Gasteiger partial charge in [0.1, 0.15) is 31.8 Å². The number of unbranched alkanes of at least 4 members (excludes halogenated alkanes) is 2. The predicted molar refractivity (Wildman–Crippen MR) is 280 cm³/mol. The van der Waals surface area contributed by atoms with Crippen LogP contribution in [0.3, 0.4) is 0 Å². The number of esters is 1. The number of aromatic nitrogens is 2. The number of ether oxygens (including phenoxy) is 2. The average Bonchev–Trinajstić information content (AvgIpc) is 4.01. The lowest BCUT2D eigenvalue weighted by Crippen LogP contribution is -2.52. The number of rotatable bonds is 24. The fourth-order valence-electron chi connectivity index (χ4n) is 10.3. The number of fused-ring (bicyclic) bond motifs is 5. The fraction of sp³-hybridized carbons (Fsp3) is 0.463. The molecule has 0 spiro atoms. The number of nitrogens with one attached hydrogen (secondary N) is 6. The van der Waals surface area contributed by atoms with Gasteiger partial charge >= 0.3 is 5.97 Å². The first-order valence-corrected chi connectivity index (χ1v) is 27.0. The summed E-state index contributed by atoms with van der Waals surface area (Å²) in [7, 11) is 0. The molecule has 0 bridgehead atoms. The Labute approximate surface area is 451 Å². The van der Waals surface area contributed by atoms with Gasteiger partial charge in [-0.1, -0.05) is 50.6 Å². The van der Waals surface area contributed by atoms with Gasteiger partial charge in [0.25, 0.3) is 5.56 Å². The van der Waals surface area contributed by atoms with E-state index in [9.17, 15) is 53.1 Å². The summed E-state index contributed by atoms with van der Waals surface area (Å²) in [6.07, 6.45) is 2.69. The molecule has 0 radical (unpaired) electrons. The van der Waals surface area contributed by atoms with Crippen molar-refractivity contribution in [1.29, 1.82) is 0 Å². The second-order valence-corrected chi connectivity index (χ2v) is 21.0. The Bertz CT molecular complexity index is 3140. The number of pyridine rings is 2. The van der Waals surface area contributed by atoms with Crippen LogP contribution in [0.15, 0.2) is 47.3 Å². The maximum atomic E-state index is 15.4. The van der Waals surface area contributed by atoms with Crippen molar-refractivity contribution in [3.8, 4) is 11.4 Å². The summed E-state index contributed by atoms with van der Waals surface area (Å²) in [5.74, 6) is -4.64. The lowest BCUT2D eigenvalue weighted by Gasteiger charge is -2.31. The van der Waals surface area contributed by atoms with E-state index in [4.69, 9.17) is 14.5 Å². The highest BCUT2D eigenvalue weighted by atomic mass is 32.2. The van der Waals surface area contributed by atoms with E-state index in [1.54, 1.807) is 50.2 Å². The lowest BCUT2D eigenvalue weighted by molar-refractivity contribution is -0.172. The van der Waals surface area contributed by atoms with Gasteiger partial charge in [0.2, 0.25) is 47.3 Å². The second-order valence-electron chi connectivity index (χ2n) is 19.5. The number of benzene rings is 2. The van der Waals surface area contributed by atoms with Crippen LogP contribution in [0.5, 0.6) is 0 Å². The minimum atomic E-state index is -2.05. The quantitative estimate of drug-likeness (QED) is 0.0198. The first kappa shape index (κ1) is 56.6. The van der Waals surface area contributed by atoms with Crippen LogP contribution in [0.4, 0.5) is 4.39 Å². The van der Waals surface area contributed by atoms with Gasteiger partial charge in [-0.25, -0.2) is 14.2 Å². The molecule has 2 aromatic carbocycles. The second kappa shape index (κ2) is 24.8. The molecular weight excluding hydrogens is 1030 g/mol. The van der Waals surface area contributed by atoms with Crippen molar-refractivity contribution in [1.82, 2.24) is 46.4 Å². The van der Waals surface area contributed by atoms with Crippen molar-refractivity contribution in [2.75, 3.05) is 45.3 Å². The van der Waals surface area contributed by atoms with Crippen LogP contribution >= 0.6 is 11.8 Å². The zero-order valence-corrected chi connectivity index (χ0v) is 44.3. The number of cyclic esters (lactones) is 1. The van der Waals surface area contributed by atoms with Gasteiger partial charge in [-0.15, -0.1) is 11.8 Å². The molecule has 8 rings (SSSR count). The van der Waals surface area contributed by atoms with Crippen molar-refractivity contribution in [3.63, 3.8) is 0 Å². The Morgan fingerprint density at radius 2 is 1.63 bits per heavy atom. The Morgan fingerprint density at radius 1 is 0.897 bits per heavy atom. The van der Waals surface area contributed by atoms with E-state index >= 15 is 4.39 Å². The van der Waals surface area contributed by atoms with Gasteiger partial charge in [-0.2, -0.15) is 0 Å². The summed E-state index contributed by atoms with van der Waals surface area (Å²) in [5, 5.41) is 27.1. The van der Waals surface area contributed by atoms with E-state index in [0.717, 1.165) is 11.3 Å². The molecule has 24 heteroatoms. The Morgan fingerprint density at radius 3 is 2.38 bits per heavy atom. The van der Waals surface area contributed by atoms with E-state index in [1.165, 1.54) is 27.3 Å². The number of carbonyl (C=O) groups is 9. The minimum absolute atomic E-state index is 0.0381. The molecule has 22 nitrogen and oxygen atoms in total. The standard InChI is InChI=1S/C54H62FN9O13S/c1-4-54(75)34-19-39-49-32(25-64(39)51(72)33(34)26-77-53(54)74)48-36(16-15-31-29(3)35(55)20-37(62-49)47(31)48)60-45(69)27-76-28-59-43(67)23-58-50(71)38(18-30-12-8-6-9-13-30)61-44(68)24-57-42(66)22-56-41(65)14-10-7-11-17-63-46(70)21-40(52(63)73)78-5-2/h6,8-9,12-13,19-20,36,38,40,75H,4-5,7,10-11,14-18,21-28H2,1-3H3,(H,56,65)(H,57,66)(H,58,71)(H,59,67)(H,60,69)(H,61,68)/t36-,38-,40?,54-/m0/s1. The summed E-state index contributed by atoms with van der Waals surface area (Å²) >= 11 is 1.45. The highest BCUT2D eigenvalue weighted by Crippen LogP contribution is 2.46. The topological polar surface area (TPSA) is 303 Å². The van der Waals surface area contributed by atoms with Crippen LogP contribution in [0.2, 0.25) is 0 Å². The maximum absolute atomic E-state index is 15.4. The Kier molecular flexibility index (Phi) is 18.0. The van der Waals surface area contributed by atoms with Crippen molar-refractivity contribution in [3.05, 3.63) is 97.6 Å². The van der Waals surface area contributed by atoms with Crippen LogP contribution < -0.4 is 37.5 Å². The van der Waals surface area contributed by atoms with Crippen LogP contribution in [0, 0.1) is 12.7 Å². The number of hydrogen-bond acceptors (Lipinski definition) is 15. The molecule has 414 valence electrons. The summed E-state index contributed by atoms with van der Waals surface area (Å²) < 4.78 is 27.6. The molecule has 4 atom stereocenters. The SMILES string of the molecule is CCSC1CC(=O)N(CCCCCC(=O)NCC(=O)NCC(=O)N[C@@H](Cc2ccccc2)C(=O)NCC(=O)NCOCC(=O)N[C@H]2CCc3c(C)c(F)cc4nc5c(c2c34)Cn2c-5cc3c(c2=O)COC(=O)[C@]3(O)CC)C1=O. The largest absolute Gasteiger partial charge is 0.458 e. The highest BCUT2D eigenvalue weighted by molar-refractivity contribution is 8.00. The number of halogens is 1. The monoisotopic (exact) mass is 1100 g/mol. The first-order chi connectivity index (χ1) is 37.4. The van der Waals surface area contributed by atoms with Gasteiger partial charge in [0.15, 0.2) is 5.60 Å². The van der Waals surface area contributed by atoms with Crippen molar-refractivity contribution in [2.24, 2.45) is 0 Å². The molecular formula is C54H62FN9O13S. The normalized spacial score (nSPS) is 18.3. The molecule has 4 aliphatic rings. The number of carbonyl (C=O) groups excluding carboxylic acids is 9. The highest BCUT2D eigenvalue weighted by Gasteiger charge is 2.46. The van der Waals surface area contributed by atoms with Gasteiger partial charge < -0.3 is 51.0 Å². The average molecular weight is 1100 g/mol. The molecule has 1 saturated heterocycles. The number of nitrogens with zero attached hydrogens (tertiary/aromatic N) is 3. The molecule has 7 N–H and O–H groups in total. The van der Waals surface area contributed by atoms with Crippen molar-refractivity contribution >= 4 is 75.9 Å². The van der Waals surface area contributed by atoms with E-state index in [0.29, 0.717) is 83.2 Å². The molecule has 0 saturated carbocycles. The molecule has 2 aromatic heterocycles. The molecule has 1 aliphatic carbocycles. The smallest absolute Gasteiger partial charge is 0.343 e. The fourth-order valence-corrected chi connectivity index (χ4v) is 11.3. The molecule has 4 aromatic rings. The van der Waals surface area contributed by atoms with Crippen molar-refractivity contribution < 1.29 is 62.1 Å². The van der Waals surface area contributed by atoms with Gasteiger partial charge in [-0.3, -0.25) is 48.1 Å². The van der Waals surface area contributed by atoms with Gasteiger partial charge in [-0.05, 0) is 73.1 Å². The van der Waals surface area contributed by atoms with E-state index < -0.39 is 103 Å². The first-order valence-electron chi connectivity index (χ1n) is 26.0. The lowest BCUT2D eigenvalue weighted by atomic mass is 9.81. The number of aryl methyl sites for hydroxylation is 1. The molecule has 78 heavy (non-hydrogen) atoms. The van der Waals surface area contributed by atoms with E-state index in [-0.39, 0.29) is 67.0 Å². The third kappa shape index (κ3) is 12.4. The third-order valence-electron chi connectivity index (χ3n) is 14.4. The summed E-state index contributed by atoms with van der Waals surface area (Å²) in [5.41, 5.74) is 1.85. The summed E-state index contributed by atoms with van der Waals surface area (Å²) in [6, 6.07) is 9.85. The number of imide groups is 1. The minimum Gasteiger partial charge on any atom is -0.458 e. The Balaban J connectivity index is 0.789.